The quantitative estimate of drug-likeness (QED) is 0.536. The summed E-state index contributed by atoms with van der Waals surface area (Å²) in [5.74, 6) is 2.04. The van der Waals surface area contributed by atoms with E-state index in [0.29, 0.717) is 18.3 Å². The topological polar surface area (TPSA) is 26.3 Å². The highest BCUT2D eigenvalue weighted by molar-refractivity contribution is 5.73. The van der Waals surface area contributed by atoms with Crippen molar-refractivity contribution < 1.29 is 9.53 Å². The lowest BCUT2D eigenvalue weighted by Crippen LogP contribution is -2.24. The molecule has 0 aromatic rings. The Morgan fingerprint density at radius 3 is 2.85 bits per heavy atom. The lowest BCUT2D eigenvalue weighted by atomic mass is 9.81. The first-order valence-electron chi connectivity index (χ1n) is 5.09. The van der Waals surface area contributed by atoms with Crippen molar-refractivity contribution in [3.05, 3.63) is 11.3 Å². The molecule has 72 valence electrons. The van der Waals surface area contributed by atoms with Gasteiger partial charge in [-0.3, -0.25) is 4.79 Å². The Labute approximate surface area is 79.0 Å². The Hall–Kier alpha value is -0.790. The molecular weight excluding hydrogens is 164 g/mol. The zero-order valence-corrected chi connectivity index (χ0v) is 8.30. The first kappa shape index (κ1) is 8.79. The molecule has 0 spiro atoms. The maximum absolute atomic E-state index is 11.2. The van der Waals surface area contributed by atoms with Crippen molar-refractivity contribution >= 4 is 5.97 Å². The predicted molar refractivity (Wildman–Crippen MR) is 49.9 cm³/mol. The fraction of sp³-hybridized carbons (Fsp3) is 0.727. The van der Waals surface area contributed by atoms with Gasteiger partial charge in [0.15, 0.2) is 0 Å². The number of rotatable bonds is 0. The van der Waals surface area contributed by atoms with Crippen LogP contribution < -0.4 is 0 Å². The summed E-state index contributed by atoms with van der Waals surface area (Å²) in [6.07, 6.45) is 3.92. The number of hydrogen-bond acceptors (Lipinski definition) is 2. The average Bonchev–Trinajstić information content (AvgIpc) is 2.02. The van der Waals surface area contributed by atoms with Crippen LogP contribution in [0.3, 0.4) is 0 Å². The number of carbonyl (C=O) groups is 1. The van der Waals surface area contributed by atoms with Gasteiger partial charge in [-0.2, -0.15) is 0 Å². The summed E-state index contributed by atoms with van der Waals surface area (Å²) < 4.78 is 5.27. The second kappa shape index (κ2) is 3.17. The zero-order valence-electron chi connectivity index (χ0n) is 8.30. The third-order valence-corrected chi connectivity index (χ3v) is 3.10. The molecule has 2 heteroatoms. The SMILES string of the molecule is C[C@H]1CCC2=C(C1)OC(=O)C[C@H]2C. The van der Waals surface area contributed by atoms with Crippen LogP contribution in [0.5, 0.6) is 0 Å². The van der Waals surface area contributed by atoms with E-state index in [1.165, 1.54) is 12.0 Å². The van der Waals surface area contributed by atoms with Crippen molar-refractivity contribution in [1.82, 2.24) is 0 Å². The Morgan fingerprint density at radius 2 is 2.08 bits per heavy atom. The van der Waals surface area contributed by atoms with Crippen LogP contribution in [-0.2, 0) is 9.53 Å². The summed E-state index contributed by atoms with van der Waals surface area (Å²) in [5.41, 5.74) is 1.40. The molecule has 0 bridgehead atoms. The molecule has 0 saturated heterocycles. The second-order valence-electron chi connectivity index (χ2n) is 4.38. The fourth-order valence-corrected chi connectivity index (χ4v) is 2.27. The summed E-state index contributed by atoms with van der Waals surface area (Å²) in [6, 6.07) is 0. The van der Waals surface area contributed by atoms with Gasteiger partial charge in [-0.1, -0.05) is 13.8 Å². The molecule has 13 heavy (non-hydrogen) atoms. The monoisotopic (exact) mass is 180 g/mol. The molecule has 2 rings (SSSR count). The maximum Gasteiger partial charge on any atom is 0.311 e. The predicted octanol–water partition coefficient (Wildman–Crippen LogP) is 2.64. The minimum absolute atomic E-state index is 0.0413. The van der Waals surface area contributed by atoms with Gasteiger partial charge >= 0.3 is 5.97 Å². The van der Waals surface area contributed by atoms with Gasteiger partial charge < -0.3 is 4.74 Å². The summed E-state index contributed by atoms with van der Waals surface area (Å²) in [4.78, 5) is 11.2. The van der Waals surface area contributed by atoms with Gasteiger partial charge in [-0.25, -0.2) is 0 Å². The van der Waals surface area contributed by atoms with Gasteiger partial charge in [-0.15, -0.1) is 0 Å². The molecule has 0 unspecified atom stereocenters. The molecular formula is C11H16O2. The minimum atomic E-state index is -0.0413. The molecule has 0 aromatic carbocycles. The lowest BCUT2D eigenvalue weighted by molar-refractivity contribution is -0.142. The molecule has 0 N–H and O–H groups in total. The van der Waals surface area contributed by atoms with Crippen LogP contribution in [0.4, 0.5) is 0 Å². The van der Waals surface area contributed by atoms with Gasteiger partial charge in [0.25, 0.3) is 0 Å². The highest BCUT2D eigenvalue weighted by atomic mass is 16.5. The van der Waals surface area contributed by atoms with Gasteiger partial charge in [-0.05, 0) is 30.3 Å². The van der Waals surface area contributed by atoms with Crippen molar-refractivity contribution in [2.24, 2.45) is 11.8 Å². The maximum atomic E-state index is 11.2. The van der Waals surface area contributed by atoms with E-state index in [9.17, 15) is 4.79 Å². The largest absolute Gasteiger partial charge is 0.431 e. The Morgan fingerprint density at radius 1 is 1.31 bits per heavy atom. The molecule has 2 aliphatic rings. The van der Waals surface area contributed by atoms with E-state index in [1.54, 1.807) is 0 Å². The molecule has 0 fully saturated rings. The average molecular weight is 180 g/mol. The van der Waals surface area contributed by atoms with Crippen molar-refractivity contribution in [3.8, 4) is 0 Å². The van der Waals surface area contributed by atoms with E-state index < -0.39 is 0 Å². The zero-order chi connectivity index (χ0) is 9.42. The molecule has 1 aliphatic carbocycles. The Balaban J connectivity index is 2.24. The van der Waals surface area contributed by atoms with Gasteiger partial charge in [0, 0.05) is 6.42 Å². The van der Waals surface area contributed by atoms with Gasteiger partial charge in [0.2, 0.25) is 0 Å². The molecule has 0 saturated carbocycles. The van der Waals surface area contributed by atoms with E-state index in [2.05, 4.69) is 13.8 Å². The standard InChI is InChI=1S/C11H16O2/c1-7-3-4-9-8(2)6-11(12)13-10(9)5-7/h7-8H,3-6H2,1-2H3/t7-,8+/m0/s1. The van der Waals surface area contributed by atoms with Crippen molar-refractivity contribution in [3.63, 3.8) is 0 Å². The van der Waals surface area contributed by atoms with E-state index in [0.717, 1.165) is 18.6 Å². The summed E-state index contributed by atoms with van der Waals surface area (Å²) in [6.45, 7) is 4.35. The molecule has 0 aromatic heterocycles. The highest BCUT2D eigenvalue weighted by Gasteiger charge is 2.30. The lowest BCUT2D eigenvalue weighted by Gasteiger charge is -2.31. The Bertz CT molecular complexity index is 265. The van der Waals surface area contributed by atoms with Crippen LogP contribution in [0.15, 0.2) is 11.3 Å². The summed E-state index contributed by atoms with van der Waals surface area (Å²) in [5, 5.41) is 0. The Kier molecular flexibility index (Phi) is 2.14. The number of esters is 1. The molecule has 2 atom stereocenters. The smallest absolute Gasteiger partial charge is 0.311 e. The fourth-order valence-electron chi connectivity index (χ4n) is 2.27. The van der Waals surface area contributed by atoms with Gasteiger partial charge in [0.05, 0.1) is 6.42 Å². The van der Waals surface area contributed by atoms with Crippen LogP contribution in [0.1, 0.15) is 39.5 Å². The minimum Gasteiger partial charge on any atom is -0.431 e. The molecule has 0 amide bonds. The van der Waals surface area contributed by atoms with E-state index in [1.807, 2.05) is 0 Å². The molecule has 0 radical (unpaired) electrons. The van der Waals surface area contributed by atoms with Gasteiger partial charge in [0.1, 0.15) is 5.76 Å². The normalized spacial score (nSPS) is 34.2. The molecule has 1 aliphatic heterocycles. The van der Waals surface area contributed by atoms with Crippen LogP contribution >= 0.6 is 0 Å². The van der Waals surface area contributed by atoms with Crippen LogP contribution in [0.2, 0.25) is 0 Å². The van der Waals surface area contributed by atoms with Crippen LogP contribution in [-0.4, -0.2) is 5.97 Å². The third-order valence-electron chi connectivity index (χ3n) is 3.10. The molecule has 1 heterocycles. The van der Waals surface area contributed by atoms with E-state index >= 15 is 0 Å². The van der Waals surface area contributed by atoms with Crippen molar-refractivity contribution in [2.45, 2.75) is 39.5 Å². The van der Waals surface area contributed by atoms with Crippen LogP contribution in [0.25, 0.3) is 0 Å². The highest BCUT2D eigenvalue weighted by Crippen LogP contribution is 2.38. The second-order valence-corrected chi connectivity index (χ2v) is 4.38. The summed E-state index contributed by atoms with van der Waals surface area (Å²) >= 11 is 0. The molecule has 2 nitrogen and oxygen atoms in total. The first-order valence-corrected chi connectivity index (χ1v) is 5.09. The number of carbonyl (C=O) groups excluding carboxylic acids is 1. The van der Waals surface area contributed by atoms with Crippen molar-refractivity contribution in [1.29, 1.82) is 0 Å². The van der Waals surface area contributed by atoms with Crippen LogP contribution in [0, 0.1) is 11.8 Å². The van der Waals surface area contributed by atoms with E-state index in [4.69, 9.17) is 4.74 Å². The number of allylic oxidation sites excluding steroid dienone is 2. The number of hydrogen-bond donors (Lipinski definition) is 0. The van der Waals surface area contributed by atoms with E-state index in [-0.39, 0.29) is 5.97 Å². The number of ether oxygens (including phenoxy) is 1. The summed E-state index contributed by atoms with van der Waals surface area (Å²) in [7, 11) is 0. The van der Waals surface area contributed by atoms with Crippen molar-refractivity contribution in [2.75, 3.05) is 0 Å². The first-order chi connectivity index (χ1) is 6.16. The third kappa shape index (κ3) is 1.62.